The first-order valence-electron chi connectivity index (χ1n) is 24.8. The number of carboxylic acid groups (broad SMARTS) is 2. The zero-order valence-electron chi connectivity index (χ0n) is 42.8. The van der Waals surface area contributed by atoms with Crippen molar-refractivity contribution in [3.05, 3.63) is 102 Å². The van der Waals surface area contributed by atoms with E-state index in [0.717, 1.165) is 0 Å². The van der Waals surface area contributed by atoms with Gasteiger partial charge in [-0.05, 0) is 60.6 Å². The maximum atomic E-state index is 14.5. The Morgan fingerprint density at radius 1 is 0.558 bits per heavy atom. The van der Waals surface area contributed by atoms with Crippen LogP contribution in [0, 0.1) is 5.92 Å². The lowest BCUT2D eigenvalue weighted by Crippen LogP contribution is -2.60. The molecule has 0 aliphatic rings. The monoisotopic (exact) mass is 1070 g/mol. The summed E-state index contributed by atoms with van der Waals surface area (Å²) in [5.41, 5.74) is 13.5. The van der Waals surface area contributed by atoms with Crippen molar-refractivity contribution in [2.75, 3.05) is 13.1 Å². The number of H-pyrrole nitrogens is 1. The fourth-order valence-electron chi connectivity index (χ4n) is 7.81. The average Bonchev–Trinajstić information content (AvgIpc) is 3.81. The third kappa shape index (κ3) is 20.1. The highest BCUT2D eigenvalue weighted by Crippen LogP contribution is 2.20. The normalized spacial score (nSPS) is 14.1. The van der Waals surface area contributed by atoms with Crippen LogP contribution in [0.25, 0.3) is 10.9 Å². The summed E-state index contributed by atoms with van der Waals surface area (Å²) in [7, 11) is 0. The van der Waals surface area contributed by atoms with Crippen LogP contribution in [-0.2, 0) is 72.0 Å². The molecule has 414 valence electrons. The standard InChI is InChI=1S/C52H67N11O14/c1-4-28(2)45(63-50(74)39(22-30-10-6-5-7-11-30)59-43(67)27-56-47(71)38(61-46(70)29(3)53)23-31-14-16-33(64)17-15-31)51(75)62-40(24-32-25-55-35-13-9-8-12-34(32)35)48(72)57-26-42(66)58-36(18-20-41(54)65)49(73)60-37(52(76)77)19-21-44(68)69/h5-17,25,28-29,36-40,45,55,64H,4,18-24,26-27,53H2,1-3H3,(H2,54,65)(H,56,71)(H,57,72)(H,58,66)(H,59,67)(H,60,73)(H,61,70)(H,62,75)(H,63,74)(H,68,69)(H,76,77)/t28-,29+,36-,37-,38-,39-,40-,45-/m0/s1. The lowest BCUT2D eigenvalue weighted by Gasteiger charge is -2.28. The molecular weight excluding hydrogens is 1000 g/mol. The molecule has 4 rings (SSSR count). The minimum atomic E-state index is -1.66. The molecule has 0 spiro atoms. The number of carbonyl (C=O) groups is 11. The van der Waals surface area contributed by atoms with E-state index in [1.54, 1.807) is 86.8 Å². The van der Waals surface area contributed by atoms with Gasteiger partial charge in [0.2, 0.25) is 53.2 Å². The molecule has 0 radical (unpaired) electrons. The Morgan fingerprint density at radius 3 is 1.64 bits per heavy atom. The number of carboxylic acids is 2. The number of carbonyl (C=O) groups excluding carboxylic acids is 9. The SMILES string of the molecule is CC[C@H](C)[C@H](NC(=O)[C@H](Cc1ccccc1)NC(=O)CNC(=O)[C@H](Cc1ccc(O)cc1)NC(=O)[C@@H](C)N)C(=O)N[C@@H](Cc1c[nH]c2ccccc12)C(=O)NCC(=O)N[C@@H](CCC(N)=O)C(=O)N[C@@H](CCC(=O)O)C(=O)O. The predicted molar refractivity (Wildman–Crippen MR) is 278 cm³/mol. The van der Waals surface area contributed by atoms with Crippen molar-refractivity contribution in [2.45, 2.75) is 114 Å². The van der Waals surface area contributed by atoms with Crippen molar-refractivity contribution in [1.29, 1.82) is 0 Å². The van der Waals surface area contributed by atoms with Crippen molar-refractivity contribution < 1.29 is 68.1 Å². The van der Waals surface area contributed by atoms with Crippen LogP contribution in [0.2, 0.25) is 0 Å². The molecule has 0 saturated heterocycles. The van der Waals surface area contributed by atoms with Crippen molar-refractivity contribution in [3.8, 4) is 5.75 Å². The third-order valence-corrected chi connectivity index (χ3v) is 12.3. The summed E-state index contributed by atoms with van der Waals surface area (Å²) in [5, 5.41) is 49.0. The summed E-state index contributed by atoms with van der Waals surface area (Å²) in [6.07, 6.45) is -0.197. The molecule has 3 aromatic carbocycles. The Morgan fingerprint density at radius 2 is 1.06 bits per heavy atom. The van der Waals surface area contributed by atoms with Crippen molar-refractivity contribution >= 4 is 76.0 Å². The Hall–Kier alpha value is -8.87. The first kappa shape index (κ1) is 60.7. The number of aromatic nitrogens is 1. The van der Waals surface area contributed by atoms with Gasteiger partial charge in [-0.1, -0.05) is 80.9 Å². The number of para-hydroxylation sites is 1. The highest BCUT2D eigenvalue weighted by Gasteiger charge is 2.34. The summed E-state index contributed by atoms with van der Waals surface area (Å²) in [6.45, 7) is 3.43. The quantitative estimate of drug-likeness (QED) is 0.0277. The van der Waals surface area contributed by atoms with Crippen LogP contribution in [0.3, 0.4) is 0 Å². The van der Waals surface area contributed by atoms with Crippen LogP contribution in [0.5, 0.6) is 5.75 Å². The number of primary amides is 1. The molecule has 25 nitrogen and oxygen atoms in total. The molecule has 9 amide bonds. The van der Waals surface area contributed by atoms with Crippen LogP contribution in [-0.4, -0.2) is 141 Å². The fourth-order valence-corrected chi connectivity index (χ4v) is 7.81. The van der Waals surface area contributed by atoms with E-state index in [2.05, 4.69) is 47.5 Å². The molecule has 0 saturated carbocycles. The molecular formula is C52H67N11O14. The van der Waals surface area contributed by atoms with Gasteiger partial charge in [-0.25, -0.2) is 4.79 Å². The lowest BCUT2D eigenvalue weighted by molar-refractivity contribution is -0.143. The number of aromatic amines is 1. The number of rotatable bonds is 31. The molecule has 1 heterocycles. The van der Waals surface area contributed by atoms with Gasteiger partial charge in [0, 0.05) is 49.2 Å². The topological polar surface area (TPSA) is 413 Å². The zero-order valence-corrected chi connectivity index (χ0v) is 42.8. The summed E-state index contributed by atoms with van der Waals surface area (Å²) in [4.78, 5) is 147. The lowest BCUT2D eigenvalue weighted by atomic mass is 9.96. The Balaban J connectivity index is 1.54. The second-order valence-corrected chi connectivity index (χ2v) is 18.4. The summed E-state index contributed by atoms with van der Waals surface area (Å²) < 4.78 is 0. The van der Waals surface area contributed by atoms with Gasteiger partial charge in [0.15, 0.2) is 0 Å². The Kier molecular flexibility index (Phi) is 23.5. The summed E-state index contributed by atoms with van der Waals surface area (Å²) >= 11 is 0. The van der Waals surface area contributed by atoms with Crippen molar-refractivity contribution in [2.24, 2.45) is 17.4 Å². The molecule has 4 aromatic rings. The maximum Gasteiger partial charge on any atom is 0.326 e. The Bertz CT molecular complexity index is 2730. The van der Waals surface area contributed by atoms with E-state index >= 15 is 0 Å². The van der Waals surface area contributed by atoms with Crippen LogP contribution >= 0.6 is 0 Å². The summed E-state index contributed by atoms with van der Waals surface area (Å²) in [6, 6.07) is 12.2. The fraction of sp³-hybridized carbons (Fsp3) is 0.404. The van der Waals surface area contributed by atoms with E-state index < -0.39 is 146 Å². The van der Waals surface area contributed by atoms with Gasteiger partial charge >= 0.3 is 11.9 Å². The summed E-state index contributed by atoms with van der Waals surface area (Å²) in [5.74, 6) is -11.1. The first-order valence-corrected chi connectivity index (χ1v) is 24.8. The van der Waals surface area contributed by atoms with E-state index in [1.165, 1.54) is 19.1 Å². The van der Waals surface area contributed by atoms with Crippen LogP contribution in [0.4, 0.5) is 0 Å². The molecule has 0 bridgehead atoms. The largest absolute Gasteiger partial charge is 0.508 e. The number of nitrogens with one attached hydrogen (secondary N) is 9. The molecule has 25 heteroatoms. The van der Waals surface area contributed by atoms with Crippen LogP contribution in [0.15, 0.2) is 85.1 Å². The van der Waals surface area contributed by atoms with Crippen LogP contribution in [0.1, 0.15) is 69.6 Å². The van der Waals surface area contributed by atoms with Gasteiger partial charge in [0.25, 0.3) is 0 Å². The van der Waals surface area contributed by atoms with E-state index in [9.17, 15) is 63.0 Å². The Labute approximate surface area is 442 Å². The van der Waals surface area contributed by atoms with Gasteiger partial charge in [-0.2, -0.15) is 0 Å². The van der Waals surface area contributed by atoms with Gasteiger partial charge in [0.1, 0.15) is 42.0 Å². The van der Waals surface area contributed by atoms with E-state index in [1.807, 2.05) is 0 Å². The minimum Gasteiger partial charge on any atom is -0.508 e. The van der Waals surface area contributed by atoms with Gasteiger partial charge in [-0.3, -0.25) is 47.9 Å². The van der Waals surface area contributed by atoms with E-state index in [-0.39, 0.29) is 31.4 Å². The molecule has 0 fully saturated rings. The molecule has 0 aliphatic heterocycles. The van der Waals surface area contributed by atoms with Crippen molar-refractivity contribution in [1.82, 2.24) is 47.5 Å². The number of hydrogen-bond donors (Lipinski definition) is 14. The number of phenols is 1. The predicted octanol–water partition coefficient (Wildman–Crippen LogP) is -1.35. The number of aliphatic carboxylic acids is 2. The number of aromatic hydroxyl groups is 1. The smallest absolute Gasteiger partial charge is 0.326 e. The van der Waals surface area contributed by atoms with Gasteiger partial charge in [0.05, 0.1) is 19.1 Å². The molecule has 16 N–H and O–H groups in total. The molecule has 0 aliphatic carbocycles. The van der Waals surface area contributed by atoms with Crippen molar-refractivity contribution in [3.63, 3.8) is 0 Å². The molecule has 77 heavy (non-hydrogen) atoms. The number of fused-ring (bicyclic) bond motifs is 1. The molecule has 1 aromatic heterocycles. The maximum absolute atomic E-state index is 14.5. The number of benzene rings is 3. The third-order valence-electron chi connectivity index (χ3n) is 12.3. The number of phenolic OH excluding ortho intramolecular Hbond substituents is 1. The average molecular weight is 1070 g/mol. The highest BCUT2D eigenvalue weighted by atomic mass is 16.4. The van der Waals surface area contributed by atoms with Gasteiger partial charge < -0.3 is 74.3 Å². The molecule has 8 atom stereocenters. The zero-order chi connectivity index (χ0) is 56.8. The number of amides is 9. The minimum absolute atomic E-state index is 0.0159. The highest BCUT2D eigenvalue weighted by molar-refractivity contribution is 5.98. The van der Waals surface area contributed by atoms with E-state index in [4.69, 9.17) is 16.6 Å². The van der Waals surface area contributed by atoms with Crippen LogP contribution < -0.4 is 54.0 Å². The molecule has 0 unspecified atom stereocenters. The second kappa shape index (κ2) is 29.9. The first-order chi connectivity index (χ1) is 36.5. The number of nitrogens with two attached hydrogens (primary N) is 2. The number of hydrogen-bond acceptors (Lipinski definition) is 13. The van der Waals surface area contributed by atoms with Gasteiger partial charge in [-0.15, -0.1) is 0 Å². The van der Waals surface area contributed by atoms with E-state index in [0.29, 0.717) is 34.0 Å². The second-order valence-electron chi connectivity index (χ2n) is 18.4.